The van der Waals surface area contributed by atoms with Crippen molar-refractivity contribution < 1.29 is 4.52 Å². The van der Waals surface area contributed by atoms with Gasteiger partial charge in [0.05, 0.1) is 6.54 Å². The zero-order valence-electron chi connectivity index (χ0n) is 14.2. The van der Waals surface area contributed by atoms with Crippen molar-refractivity contribution in [2.75, 3.05) is 19.6 Å². The van der Waals surface area contributed by atoms with Gasteiger partial charge in [0.1, 0.15) is 0 Å². The third-order valence-electron chi connectivity index (χ3n) is 4.89. The third-order valence-corrected chi connectivity index (χ3v) is 5.38. The Labute approximate surface area is 163 Å². The summed E-state index contributed by atoms with van der Waals surface area (Å²) in [7, 11) is 0. The quantitative estimate of drug-likeness (QED) is 0.758. The minimum absolute atomic E-state index is 0. The van der Waals surface area contributed by atoms with Crippen LogP contribution in [-0.4, -0.2) is 40.7 Å². The highest BCUT2D eigenvalue weighted by molar-refractivity contribution is 9.10. The van der Waals surface area contributed by atoms with Crippen LogP contribution in [0.15, 0.2) is 33.3 Å². The van der Waals surface area contributed by atoms with E-state index in [1.165, 1.54) is 32.2 Å². The van der Waals surface area contributed by atoms with Crippen molar-refractivity contribution in [3.05, 3.63) is 34.6 Å². The van der Waals surface area contributed by atoms with Gasteiger partial charge in [-0.2, -0.15) is 4.98 Å². The molecule has 1 aromatic carbocycles. The van der Waals surface area contributed by atoms with E-state index in [-0.39, 0.29) is 12.4 Å². The summed E-state index contributed by atoms with van der Waals surface area (Å²) in [6.07, 6.45) is 5.26. The lowest BCUT2D eigenvalue weighted by atomic mass is 10.0. The van der Waals surface area contributed by atoms with Crippen LogP contribution in [0.4, 0.5) is 0 Å². The summed E-state index contributed by atoms with van der Waals surface area (Å²) in [5.74, 6) is 2.32. The first-order chi connectivity index (χ1) is 11.8. The molecule has 1 saturated carbocycles. The fourth-order valence-electron chi connectivity index (χ4n) is 3.21. The molecule has 7 heteroatoms. The van der Waals surface area contributed by atoms with Crippen LogP contribution in [0.5, 0.6) is 0 Å². The van der Waals surface area contributed by atoms with Crippen LogP contribution in [0.3, 0.4) is 0 Å². The number of benzene rings is 1. The van der Waals surface area contributed by atoms with Crippen LogP contribution in [0.25, 0.3) is 11.4 Å². The van der Waals surface area contributed by atoms with Gasteiger partial charge in [0.25, 0.3) is 0 Å². The molecule has 25 heavy (non-hydrogen) atoms. The van der Waals surface area contributed by atoms with Crippen LogP contribution in [-0.2, 0) is 6.54 Å². The van der Waals surface area contributed by atoms with Crippen LogP contribution in [0, 0.1) is 5.92 Å². The second-order valence-electron chi connectivity index (χ2n) is 6.92. The van der Waals surface area contributed by atoms with Gasteiger partial charge in [-0.05, 0) is 50.3 Å². The van der Waals surface area contributed by atoms with Gasteiger partial charge in [0, 0.05) is 29.2 Å². The Morgan fingerprint density at radius 2 is 2.00 bits per heavy atom. The van der Waals surface area contributed by atoms with Crippen LogP contribution >= 0.6 is 28.3 Å². The molecule has 2 fully saturated rings. The molecule has 136 valence electrons. The number of nitrogens with zero attached hydrogens (tertiary/aromatic N) is 3. The summed E-state index contributed by atoms with van der Waals surface area (Å²) in [5.41, 5.74) is 0.974. The lowest BCUT2D eigenvalue weighted by Crippen LogP contribution is -2.42. The summed E-state index contributed by atoms with van der Waals surface area (Å²) in [6.45, 7) is 4.15. The molecule has 1 aromatic heterocycles. The van der Waals surface area contributed by atoms with Gasteiger partial charge < -0.3 is 9.84 Å². The molecule has 4 rings (SSSR count). The molecular weight excluding hydrogens is 404 g/mol. The fraction of sp³-hybridized carbons (Fsp3) is 0.556. The molecule has 0 radical (unpaired) electrons. The Kier molecular flexibility index (Phi) is 6.49. The highest BCUT2D eigenvalue weighted by Gasteiger charge is 2.25. The van der Waals surface area contributed by atoms with Gasteiger partial charge in [0.15, 0.2) is 0 Å². The maximum Gasteiger partial charge on any atom is 0.241 e. The molecule has 1 N–H and O–H groups in total. The average molecular weight is 428 g/mol. The number of halogens is 2. The molecule has 0 amide bonds. The van der Waals surface area contributed by atoms with Gasteiger partial charge in [-0.25, -0.2) is 0 Å². The Morgan fingerprint density at radius 3 is 2.72 bits per heavy atom. The largest absolute Gasteiger partial charge is 0.338 e. The second-order valence-corrected chi connectivity index (χ2v) is 7.84. The Hall–Kier alpha value is -0.950. The number of likely N-dealkylation sites (tertiary alicyclic amines) is 1. The third kappa shape index (κ3) is 5.26. The topological polar surface area (TPSA) is 54.2 Å². The van der Waals surface area contributed by atoms with Crippen molar-refractivity contribution in [3.63, 3.8) is 0 Å². The fourth-order valence-corrected chi connectivity index (χ4v) is 3.60. The van der Waals surface area contributed by atoms with Crippen LogP contribution in [0.1, 0.15) is 31.6 Å². The number of rotatable bonds is 6. The van der Waals surface area contributed by atoms with Crippen molar-refractivity contribution in [3.8, 4) is 11.4 Å². The number of hydrogen-bond donors (Lipinski definition) is 1. The van der Waals surface area contributed by atoms with Gasteiger partial charge in [-0.1, -0.05) is 33.2 Å². The normalized spacial score (nSPS) is 18.9. The Bertz CT molecular complexity index is 683. The Morgan fingerprint density at radius 1 is 1.20 bits per heavy atom. The van der Waals surface area contributed by atoms with E-state index in [4.69, 9.17) is 4.52 Å². The lowest BCUT2D eigenvalue weighted by Gasteiger charge is -2.31. The molecule has 2 aromatic rings. The minimum atomic E-state index is 0. The molecule has 1 aliphatic carbocycles. The zero-order valence-corrected chi connectivity index (χ0v) is 16.6. The first-order valence-corrected chi connectivity index (χ1v) is 9.60. The summed E-state index contributed by atoms with van der Waals surface area (Å²) in [5, 5.41) is 7.83. The van der Waals surface area contributed by atoms with Crippen LogP contribution < -0.4 is 5.32 Å². The summed E-state index contributed by atoms with van der Waals surface area (Å²) < 4.78 is 6.46. The predicted octanol–water partition coefficient (Wildman–Crippen LogP) is 3.88. The maximum absolute atomic E-state index is 5.44. The van der Waals surface area contributed by atoms with Gasteiger partial charge in [0.2, 0.25) is 11.7 Å². The molecule has 0 atom stereocenters. The molecule has 2 heterocycles. The number of piperidine rings is 1. The first-order valence-electron chi connectivity index (χ1n) is 8.80. The van der Waals surface area contributed by atoms with Gasteiger partial charge >= 0.3 is 0 Å². The highest BCUT2D eigenvalue weighted by atomic mass is 79.9. The molecule has 2 aliphatic rings. The summed E-state index contributed by atoms with van der Waals surface area (Å²) >= 11 is 3.48. The number of aromatic nitrogens is 2. The standard InChI is InChI=1S/C18H23BrN4O.ClH/c19-15-3-1-2-14(10-15)18-21-17(24-22-18)12-23-8-6-16(7-9-23)20-11-13-4-5-13;/h1-3,10,13,16,20H,4-9,11-12H2;1H. The lowest BCUT2D eigenvalue weighted by molar-refractivity contribution is 0.170. The maximum atomic E-state index is 5.44. The highest BCUT2D eigenvalue weighted by Crippen LogP contribution is 2.28. The van der Waals surface area contributed by atoms with Crippen LogP contribution in [0.2, 0.25) is 0 Å². The van der Waals surface area contributed by atoms with Gasteiger partial charge in [-0.15, -0.1) is 12.4 Å². The summed E-state index contributed by atoms with van der Waals surface area (Å²) in [6, 6.07) is 8.66. The molecule has 0 spiro atoms. The molecule has 5 nitrogen and oxygen atoms in total. The number of hydrogen-bond acceptors (Lipinski definition) is 5. The van der Waals surface area contributed by atoms with E-state index in [0.29, 0.717) is 17.8 Å². The van der Waals surface area contributed by atoms with E-state index in [1.54, 1.807) is 0 Å². The monoisotopic (exact) mass is 426 g/mol. The molecular formula is C18H24BrClN4O. The van der Waals surface area contributed by atoms with E-state index in [1.807, 2.05) is 24.3 Å². The minimum Gasteiger partial charge on any atom is -0.338 e. The first kappa shape index (κ1) is 18.8. The molecule has 1 saturated heterocycles. The van der Waals surface area contributed by atoms with E-state index in [9.17, 15) is 0 Å². The number of nitrogens with one attached hydrogen (secondary N) is 1. The zero-order chi connectivity index (χ0) is 16.4. The van der Waals surface area contributed by atoms with E-state index in [0.717, 1.165) is 35.6 Å². The SMILES string of the molecule is Brc1cccc(-c2noc(CN3CCC(NCC4CC4)CC3)n2)c1.Cl. The molecule has 1 aliphatic heterocycles. The van der Waals surface area contributed by atoms with E-state index >= 15 is 0 Å². The summed E-state index contributed by atoms with van der Waals surface area (Å²) in [4.78, 5) is 6.96. The van der Waals surface area contributed by atoms with Crippen molar-refractivity contribution in [1.82, 2.24) is 20.4 Å². The van der Waals surface area contributed by atoms with E-state index < -0.39 is 0 Å². The average Bonchev–Trinajstić information content (AvgIpc) is 3.31. The van der Waals surface area contributed by atoms with Crippen molar-refractivity contribution in [1.29, 1.82) is 0 Å². The molecule has 0 bridgehead atoms. The smallest absolute Gasteiger partial charge is 0.241 e. The second kappa shape index (κ2) is 8.62. The van der Waals surface area contributed by atoms with Crippen molar-refractivity contribution >= 4 is 28.3 Å². The molecule has 0 unspecified atom stereocenters. The predicted molar refractivity (Wildman–Crippen MR) is 104 cm³/mol. The van der Waals surface area contributed by atoms with Crippen molar-refractivity contribution in [2.45, 2.75) is 38.3 Å². The van der Waals surface area contributed by atoms with Gasteiger partial charge in [-0.3, -0.25) is 4.90 Å². The van der Waals surface area contributed by atoms with E-state index in [2.05, 4.69) is 36.3 Å². The van der Waals surface area contributed by atoms with Crippen molar-refractivity contribution in [2.24, 2.45) is 5.92 Å². The Balaban J connectivity index is 0.00000182.